The zero-order valence-corrected chi connectivity index (χ0v) is 32.3. The monoisotopic (exact) mass is 663 g/mol. The van der Waals surface area contributed by atoms with Crippen molar-refractivity contribution in [2.45, 2.75) is 193 Å². The van der Waals surface area contributed by atoms with E-state index < -0.39 is 5.60 Å². The summed E-state index contributed by atoms with van der Waals surface area (Å²) < 4.78 is 0. The van der Waals surface area contributed by atoms with Crippen molar-refractivity contribution in [3.05, 3.63) is 0 Å². The van der Waals surface area contributed by atoms with Gasteiger partial charge in [0.05, 0.1) is 11.7 Å². The molecule has 3 N–H and O–H groups in total. The maximum Gasteiger partial charge on any atom is 0.0675 e. The van der Waals surface area contributed by atoms with Gasteiger partial charge in [0.2, 0.25) is 0 Å². The van der Waals surface area contributed by atoms with Gasteiger partial charge < -0.3 is 15.5 Å². The number of rotatable bonds is 3. The van der Waals surface area contributed by atoms with Gasteiger partial charge in [-0.2, -0.15) is 0 Å². The van der Waals surface area contributed by atoms with Crippen LogP contribution in [-0.2, 0) is 0 Å². The zero-order chi connectivity index (χ0) is 33.9. The smallest absolute Gasteiger partial charge is 0.0675 e. The van der Waals surface area contributed by atoms with E-state index in [1.165, 1.54) is 121 Å². The molecular formula is C44H74N2O2. The molecule has 8 fully saturated rings. The molecule has 16 unspecified atom stereocenters. The number of aliphatic imine (C=N–C) groups is 1. The number of aliphatic hydroxyl groups is 2. The molecule has 4 nitrogen and oxygen atoms in total. The Morgan fingerprint density at radius 3 is 1.92 bits per heavy atom. The van der Waals surface area contributed by atoms with E-state index in [-0.39, 0.29) is 22.6 Å². The molecule has 48 heavy (non-hydrogen) atoms. The molecule has 272 valence electrons. The zero-order valence-electron chi connectivity index (χ0n) is 32.3. The molecule has 0 aromatic rings. The third kappa shape index (κ3) is 5.15. The van der Waals surface area contributed by atoms with E-state index in [0.29, 0.717) is 10.8 Å². The third-order valence-electron chi connectivity index (χ3n) is 19.4. The Balaban J connectivity index is 0.995. The summed E-state index contributed by atoms with van der Waals surface area (Å²) in [6, 6.07) is 0. The van der Waals surface area contributed by atoms with Gasteiger partial charge in [0.25, 0.3) is 0 Å². The standard InChI is InChI=1S/C44H74N2O2/c1-28-8-15-36-34(33(28)12-9-29(2)47)13-10-30-24-43(22-20-39(30,36)3)26-32(45-7)27-44(46-43)23-21-40(4)31(25-44)11-14-35-37(40)16-18-41(5)38(35)17-19-42(41,6)48/h28-31,33-38,46-48H,8-27H2,1-7H3. The van der Waals surface area contributed by atoms with Gasteiger partial charge >= 0.3 is 0 Å². The molecule has 8 rings (SSSR count). The van der Waals surface area contributed by atoms with Crippen molar-refractivity contribution in [2.75, 3.05) is 7.05 Å². The van der Waals surface area contributed by atoms with Crippen molar-refractivity contribution in [3.8, 4) is 0 Å². The van der Waals surface area contributed by atoms with E-state index in [1.807, 2.05) is 6.92 Å². The van der Waals surface area contributed by atoms with Crippen molar-refractivity contribution in [3.63, 3.8) is 0 Å². The summed E-state index contributed by atoms with van der Waals surface area (Å²) in [6.07, 6.45) is 25.9. The molecule has 1 heterocycles. The fraction of sp³-hybridized carbons (Fsp3) is 0.977. The maximum absolute atomic E-state index is 11.5. The normalized spacial score (nSPS) is 57.8. The first-order chi connectivity index (χ1) is 22.7. The van der Waals surface area contributed by atoms with Crippen LogP contribution in [0.15, 0.2) is 4.99 Å². The number of nitrogens with zero attached hydrogens (tertiary/aromatic N) is 1. The molecule has 1 saturated heterocycles. The molecule has 0 radical (unpaired) electrons. The maximum atomic E-state index is 11.5. The summed E-state index contributed by atoms with van der Waals surface area (Å²) in [6.45, 7) is 14.6. The minimum Gasteiger partial charge on any atom is -0.393 e. The lowest BCUT2D eigenvalue weighted by atomic mass is 9.42. The molecule has 4 heteroatoms. The van der Waals surface area contributed by atoms with Crippen LogP contribution in [0.2, 0.25) is 0 Å². The van der Waals surface area contributed by atoms with E-state index in [4.69, 9.17) is 4.99 Å². The number of piperidine rings is 1. The van der Waals surface area contributed by atoms with Gasteiger partial charge in [-0.1, -0.05) is 34.1 Å². The minimum absolute atomic E-state index is 0.125. The number of hydrogen-bond acceptors (Lipinski definition) is 4. The van der Waals surface area contributed by atoms with Crippen LogP contribution in [0.5, 0.6) is 0 Å². The lowest BCUT2D eigenvalue weighted by Gasteiger charge is -2.66. The van der Waals surface area contributed by atoms with E-state index in [2.05, 4.69) is 47.0 Å². The number of hydrogen-bond donors (Lipinski definition) is 3. The number of aliphatic hydroxyl groups excluding tert-OH is 1. The van der Waals surface area contributed by atoms with Gasteiger partial charge in [-0.25, -0.2) is 0 Å². The van der Waals surface area contributed by atoms with Crippen LogP contribution in [0.25, 0.3) is 0 Å². The van der Waals surface area contributed by atoms with Crippen molar-refractivity contribution in [1.82, 2.24) is 5.32 Å². The molecule has 1 aliphatic heterocycles. The quantitative estimate of drug-likeness (QED) is 0.282. The Bertz CT molecular complexity index is 1260. The van der Waals surface area contributed by atoms with Gasteiger partial charge in [0, 0.05) is 36.7 Å². The Morgan fingerprint density at radius 2 is 1.31 bits per heavy atom. The van der Waals surface area contributed by atoms with Gasteiger partial charge in [-0.05, 0) is 193 Å². The van der Waals surface area contributed by atoms with Gasteiger partial charge in [-0.15, -0.1) is 0 Å². The lowest BCUT2D eigenvalue weighted by Crippen LogP contribution is -2.69. The molecule has 7 aliphatic carbocycles. The van der Waals surface area contributed by atoms with Crippen LogP contribution in [0.3, 0.4) is 0 Å². The second-order valence-corrected chi connectivity index (χ2v) is 21.4. The van der Waals surface area contributed by atoms with Gasteiger partial charge in [0.15, 0.2) is 0 Å². The van der Waals surface area contributed by atoms with Crippen molar-refractivity contribution < 1.29 is 10.2 Å². The fourth-order valence-corrected chi connectivity index (χ4v) is 16.4. The highest BCUT2D eigenvalue weighted by molar-refractivity contribution is 5.87. The highest BCUT2D eigenvalue weighted by Crippen LogP contribution is 2.70. The molecule has 2 spiro atoms. The number of fused-ring (bicyclic) bond motifs is 8. The Hall–Kier alpha value is -0.450. The SMILES string of the molecule is CN=C1CC2(CCC3(C)C(CCC4C(CCC(C)O)C(C)CCC43)C2)NC2(CCC3(C)C(CCC4C3CCC3(C)C4CCC3(C)O)C2)C1. The highest BCUT2D eigenvalue weighted by atomic mass is 16.3. The minimum atomic E-state index is -0.474. The number of nitrogens with one attached hydrogen (secondary N) is 1. The van der Waals surface area contributed by atoms with Crippen LogP contribution < -0.4 is 5.32 Å². The summed E-state index contributed by atoms with van der Waals surface area (Å²) in [7, 11) is 2.10. The third-order valence-corrected chi connectivity index (χ3v) is 19.4. The van der Waals surface area contributed by atoms with Crippen molar-refractivity contribution in [1.29, 1.82) is 0 Å². The van der Waals surface area contributed by atoms with Crippen LogP contribution in [0, 0.1) is 69.5 Å². The topological polar surface area (TPSA) is 64.9 Å². The summed E-state index contributed by atoms with van der Waals surface area (Å²) in [4.78, 5) is 5.06. The molecule has 0 aromatic carbocycles. The van der Waals surface area contributed by atoms with E-state index >= 15 is 0 Å². The predicted octanol–water partition coefficient (Wildman–Crippen LogP) is 9.75. The largest absolute Gasteiger partial charge is 0.393 e. The molecule has 8 aliphatic rings. The second-order valence-electron chi connectivity index (χ2n) is 21.4. The fourth-order valence-electron chi connectivity index (χ4n) is 16.4. The summed E-state index contributed by atoms with van der Waals surface area (Å²) in [5.74, 6) is 7.46. The highest BCUT2D eigenvalue weighted by Gasteiger charge is 2.65. The van der Waals surface area contributed by atoms with Crippen LogP contribution in [0.1, 0.15) is 170 Å². The predicted molar refractivity (Wildman–Crippen MR) is 198 cm³/mol. The van der Waals surface area contributed by atoms with Crippen molar-refractivity contribution in [2.24, 2.45) is 74.5 Å². The second kappa shape index (κ2) is 11.8. The summed E-state index contributed by atoms with van der Waals surface area (Å²) in [5.41, 5.74) is 2.60. The average Bonchev–Trinajstić information content (AvgIpc) is 3.29. The lowest BCUT2D eigenvalue weighted by molar-refractivity contribution is -0.155. The first-order valence-electron chi connectivity index (χ1n) is 21.3. The first kappa shape index (κ1) is 34.6. The summed E-state index contributed by atoms with van der Waals surface area (Å²) in [5, 5.41) is 26.3. The van der Waals surface area contributed by atoms with Crippen LogP contribution in [-0.4, -0.2) is 45.8 Å². The van der Waals surface area contributed by atoms with Crippen LogP contribution >= 0.6 is 0 Å². The molecule has 0 amide bonds. The Kier molecular flexibility index (Phi) is 8.50. The average molecular weight is 663 g/mol. The molecule has 16 atom stereocenters. The molecule has 7 saturated carbocycles. The van der Waals surface area contributed by atoms with Gasteiger partial charge in [-0.3, -0.25) is 4.99 Å². The van der Waals surface area contributed by atoms with Gasteiger partial charge in [0.1, 0.15) is 0 Å². The first-order valence-corrected chi connectivity index (χ1v) is 21.3. The Labute approximate surface area is 294 Å². The van der Waals surface area contributed by atoms with E-state index in [1.54, 1.807) is 0 Å². The van der Waals surface area contributed by atoms with E-state index in [0.717, 1.165) is 66.1 Å². The van der Waals surface area contributed by atoms with Crippen molar-refractivity contribution >= 4 is 5.71 Å². The van der Waals surface area contributed by atoms with E-state index in [9.17, 15) is 10.2 Å². The molecule has 0 bridgehead atoms. The Morgan fingerprint density at radius 1 is 0.729 bits per heavy atom. The molecule has 0 aromatic heterocycles. The molecular weight excluding hydrogens is 588 g/mol. The summed E-state index contributed by atoms with van der Waals surface area (Å²) >= 11 is 0. The van der Waals surface area contributed by atoms with Crippen LogP contribution in [0.4, 0.5) is 0 Å².